The van der Waals surface area contributed by atoms with Crippen molar-refractivity contribution in [2.75, 3.05) is 13.1 Å². The van der Waals surface area contributed by atoms with E-state index in [0.717, 1.165) is 6.42 Å². The first kappa shape index (κ1) is 13.6. The molecular weight excluding hydrogens is 240 g/mol. The number of carbonyl (C=O) groups is 2. The van der Waals surface area contributed by atoms with Crippen molar-refractivity contribution in [3.63, 3.8) is 0 Å². The minimum absolute atomic E-state index is 0.0149. The molecule has 1 aromatic carbocycles. The Morgan fingerprint density at radius 2 is 1.95 bits per heavy atom. The molecule has 0 aliphatic carbocycles. The summed E-state index contributed by atoms with van der Waals surface area (Å²) in [6, 6.07) is 9.35. The second kappa shape index (κ2) is 5.87. The molecule has 2 amide bonds. The average molecular weight is 260 g/mol. The van der Waals surface area contributed by atoms with Crippen molar-refractivity contribution >= 4 is 11.8 Å². The summed E-state index contributed by atoms with van der Waals surface area (Å²) in [7, 11) is 0. The van der Waals surface area contributed by atoms with Crippen LogP contribution in [0, 0.1) is 5.92 Å². The Balaban J connectivity index is 1.92. The lowest BCUT2D eigenvalue weighted by atomic mass is 10.2. The van der Waals surface area contributed by atoms with E-state index in [-0.39, 0.29) is 23.8 Å². The summed E-state index contributed by atoms with van der Waals surface area (Å²) in [5.74, 6) is 0.0831. The number of benzene rings is 1. The molecule has 2 rings (SSSR count). The summed E-state index contributed by atoms with van der Waals surface area (Å²) >= 11 is 0. The van der Waals surface area contributed by atoms with E-state index in [4.69, 9.17) is 0 Å². The molecule has 4 nitrogen and oxygen atoms in total. The van der Waals surface area contributed by atoms with Gasteiger partial charge in [0.05, 0.1) is 0 Å². The van der Waals surface area contributed by atoms with Gasteiger partial charge in [-0.1, -0.05) is 32.0 Å². The first-order valence-corrected chi connectivity index (χ1v) is 6.72. The van der Waals surface area contributed by atoms with E-state index >= 15 is 0 Å². The molecule has 102 valence electrons. The number of nitrogens with zero attached hydrogens (tertiary/aromatic N) is 1. The number of rotatable bonds is 3. The van der Waals surface area contributed by atoms with Crippen molar-refractivity contribution in [1.82, 2.24) is 10.2 Å². The van der Waals surface area contributed by atoms with Gasteiger partial charge >= 0.3 is 0 Å². The van der Waals surface area contributed by atoms with Gasteiger partial charge in [0.25, 0.3) is 5.91 Å². The maximum atomic E-state index is 12.2. The maximum absolute atomic E-state index is 12.2. The molecule has 0 radical (unpaired) electrons. The highest BCUT2D eigenvalue weighted by Gasteiger charge is 2.28. The van der Waals surface area contributed by atoms with Crippen molar-refractivity contribution in [3.8, 4) is 0 Å². The number of carbonyl (C=O) groups excluding carboxylic acids is 2. The molecule has 1 aliphatic heterocycles. The Bertz CT molecular complexity index is 456. The number of likely N-dealkylation sites (tertiary alicyclic amines) is 1. The fourth-order valence-corrected chi connectivity index (χ4v) is 2.19. The summed E-state index contributed by atoms with van der Waals surface area (Å²) in [5.41, 5.74) is 0.707. The minimum Gasteiger partial charge on any atom is -0.351 e. The van der Waals surface area contributed by atoms with Gasteiger partial charge in [-0.25, -0.2) is 0 Å². The number of amides is 2. The number of nitrogens with one attached hydrogen (secondary N) is 1. The summed E-state index contributed by atoms with van der Waals surface area (Å²) < 4.78 is 0. The first-order chi connectivity index (χ1) is 9.08. The molecule has 4 heteroatoms. The number of hydrogen-bond donors (Lipinski definition) is 1. The maximum Gasteiger partial charge on any atom is 0.253 e. The zero-order valence-corrected chi connectivity index (χ0v) is 11.4. The summed E-state index contributed by atoms with van der Waals surface area (Å²) in [6.45, 7) is 5.05. The standard InChI is InChI=1S/C15H20N2O2/c1-11(2)14(18)16-13-8-9-17(10-13)15(19)12-6-4-3-5-7-12/h3-7,11,13H,8-10H2,1-2H3,(H,16,18). The lowest BCUT2D eigenvalue weighted by Gasteiger charge is -2.17. The SMILES string of the molecule is CC(C)C(=O)NC1CCN(C(=O)c2ccccc2)C1. The van der Waals surface area contributed by atoms with Crippen molar-refractivity contribution in [3.05, 3.63) is 35.9 Å². The van der Waals surface area contributed by atoms with Crippen molar-refractivity contribution in [2.45, 2.75) is 26.3 Å². The molecule has 1 saturated heterocycles. The van der Waals surface area contributed by atoms with E-state index in [0.29, 0.717) is 18.7 Å². The molecule has 0 spiro atoms. The van der Waals surface area contributed by atoms with Crippen LogP contribution in [0.15, 0.2) is 30.3 Å². The molecular formula is C15H20N2O2. The summed E-state index contributed by atoms with van der Waals surface area (Å²) in [6.07, 6.45) is 0.830. The van der Waals surface area contributed by atoms with Gasteiger partial charge in [0, 0.05) is 30.6 Å². The second-order valence-electron chi connectivity index (χ2n) is 5.27. The zero-order chi connectivity index (χ0) is 13.8. The third-order valence-corrected chi connectivity index (χ3v) is 3.37. The van der Waals surface area contributed by atoms with Crippen LogP contribution < -0.4 is 5.32 Å². The van der Waals surface area contributed by atoms with Crippen molar-refractivity contribution < 1.29 is 9.59 Å². The second-order valence-corrected chi connectivity index (χ2v) is 5.27. The Labute approximate surface area is 113 Å². The van der Waals surface area contributed by atoms with Crippen LogP contribution in [0.2, 0.25) is 0 Å². The largest absolute Gasteiger partial charge is 0.351 e. The molecule has 1 unspecified atom stereocenters. The van der Waals surface area contributed by atoms with Gasteiger partial charge in [-0.3, -0.25) is 9.59 Å². The highest BCUT2D eigenvalue weighted by atomic mass is 16.2. The van der Waals surface area contributed by atoms with Crippen LogP contribution in [0.4, 0.5) is 0 Å². The van der Waals surface area contributed by atoms with E-state index in [1.54, 1.807) is 4.90 Å². The third kappa shape index (κ3) is 3.34. The molecule has 1 atom stereocenters. The van der Waals surface area contributed by atoms with Crippen LogP contribution in [0.5, 0.6) is 0 Å². The van der Waals surface area contributed by atoms with Gasteiger partial charge in [0.2, 0.25) is 5.91 Å². The van der Waals surface area contributed by atoms with Crippen LogP contribution >= 0.6 is 0 Å². The molecule has 1 aromatic rings. The van der Waals surface area contributed by atoms with Crippen molar-refractivity contribution in [1.29, 1.82) is 0 Å². The average Bonchev–Trinajstić information content (AvgIpc) is 2.87. The summed E-state index contributed by atoms with van der Waals surface area (Å²) in [4.78, 5) is 25.7. The Kier molecular flexibility index (Phi) is 4.20. The minimum atomic E-state index is -0.0149. The van der Waals surface area contributed by atoms with E-state index in [9.17, 15) is 9.59 Å². The lowest BCUT2D eigenvalue weighted by molar-refractivity contribution is -0.124. The van der Waals surface area contributed by atoms with Gasteiger partial charge < -0.3 is 10.2 Å². The topological polar surface area (TPSA) is 49.4 Å². The van der Waals surface area contributed by atoms with E-state index in [2.05, 4.69) is 5.32 Å². The number of hydrogen-bond acceptors (Lipinski definition) is 2. The molecule has 0 saturated carbocycles. The molecule has 0 bridgehead atoms. The van der Waals surface area contributed by atoms with Crippen LogP contribution in [0.1, 0.15) is 30.6 Å². The van der Waals surface area contributed by atoms with Crippen LogP contribution in [0.3, 0.4) is 0 Å². The van der Waals surface area contributed by atoms with Gasteiger partial charge in [0.15, 0.2) is 0 Å². The van der Waals surface area contributed by atoms with Crippen LogP contribution in [-0.2, 0) is 4.79 Å². The highest BCUT2D eigenvalue weighted by molar-refractivity contribution is 5.94. The smallest absolute Gasteiger partial charge is 0.253 e. The van der Waals surface area contributed by atoms with Crippen LogP contribution in [-0.4, -0.2) is 35.8 Å². The van der Waals surface area contributed by atoms with E-state index < -0.39 is 0 Å². The van der Waals surface area contributed by atoms with Gasteiger partial charge in [0.1, 0.15) is 0 Å². The quantitative estimate of drug-likeness (QED) is 0.898. The fraction of sp³-hybridized carbons (Fsp3) is 0.467. The van der Waals surface area contributed by atoms with Crippen molar-refractivity contribution in [2.24, 2.45) is 5.92 Å². The van der Waals surface area contributed by atoms with Gasteiger partial charge in [-0.15, -0.1) is 0 Å². The fourth-order valence-electron chi connectivity index (χ4n) is 2.19. The lowest BCUT2D eigenvalue weighted by Crippen LogP contribution is -2.40. The predicted octanol–water partition coefficient (Wildman–Crippen LogP) is 1.67. The Morgan fingerprint density at radius 3 is 2.58 bits per heavy atom. The Morgan fingerprint density at radius 1 is 1.26 bits per heavy atom. The molecule has 1 N–H and O–H groups in total. The molecule has 1 heterocycles. The van der Waals surface area contributed by atoms with E-state index in [1.165, 1.54) is 0 Å². The monoisotopic (exact) mass is 260 g/mol. The summed E-state index contributed by atoms with van der Waals surface area (Å²) in [5, 5.41) is 2.98. The Hall–Kier alpha value is -1.84. The van der Waals surface area contributed by atoms with E-state index in [1.807, 2.05) is 44.2 Å². The van der Waals surface area contributed by atoms with Gasteiger partial charge in [-0.05, 0) is 18.6 Å². The van der Waals surface area contributed by atoms with Crippen LogP contribution in [0.25, 0.3) is 0 Å². The zero-order valence-electron chi connectivity index (χ0n) is 11.4. The predicted molar refractivity (Wildman–Crippen MR) is 73.7 cm³/mol. The molecule has 0 aromatic heterocycles. The third-order valence-electron chi connectivity index (χ3n) is 3.37. The highest BCUT2D eigenvalue weighted by Crippen LogP contribution is 2.14. The molecule has 1 fully saturated rings. The normalized spacial score (nSPS) is 18.7. The first-order valence-electron chi connectivity index (χ1n) is 6.72. The molecule has 19 heavy (non-hydrogen) atoms. The van der Waals surface area contributed by atoms with Gasteiger partial charge in [-0.2, -0.15) is 0 Å². The molecule has 1 aliphatic rings.